The number of esters is 1. The summed E-state index contributed by atoms with van der Waals surface area (Å²) < 4.78 is 4.17. The molecular formula is C17H32NO2-. The largest absolute Gasteiger partial charge is 0.512 e. The molecule has 0 radical (unpaired) electrons. The van der Waals surface area contributed by atoms with Crippen molar-refractivity contribution >= 4 is 5.97 Å². The van der Waals surface area contributed by atoms with Crippen molar-refractivity contribution in [3.63, 3.8) is 0 Å². The van der Waals surface area contributed by atoms with Crippen LogP contribution in [0.2, 0.25) is 0 Å². The van der Waals surface area contributed by atoms with E-state index in [1.54, 1.807) is 0 Å². The average molecular weight is 282 g/mol. The monoisotopic (exact) mass is 282 g/mol. The minimum Gasteiger partial charge on any atom is -0.512 e. The Balaban J connectivity index is -0.000000304. The number of carbonyl (C=O) groups is 1. The molecule has 0 aliphatic rings. The molecule has 0 aromatic carbocycles. The fourth-order valence-electron chi connectivity index (χ4n) is 1.68. The van der Waals surface area contributed by atoms with Crippen LogP contribution in [-0.2, 0) is 9.53 Å². The molecule has 0 aliphatic heterocycles. The number of hydrogen-bond donors (Lipinski definition) is 0. The second-order valence-corrected chi connectivity index (χ2v) is 4.60. The van der Waals surface area contributed by atoms with Gasteiger partial charge in [-0.25, -0.2) is 0 Å². The van der Waals surface area contributed by atoms with Gasteiger partial charge in [-0.3, -0.25) is 4.79 Å². The molecule has 0 fully saturated rings. The van der Waals surface area contributed by atoms with Gasteiger partial charge in [-0.15, -0.1) is 0 Å². The standard InChI is InChI=1S/C12H26.C4H6O2.CN/c1-3-5-7-9-11-12-10-8-6-4-2;1-3-6-4(2)5;1-2/h3-12H2,1-2H3;3H,1H2,2H3;/q;;-1. The highest BCUT2D eigenvalue weighted by molar-refractivity contribution is 5.66. The molecule has 20 heavy (non-hydrogen) atoms. The first-order valence-corrected chi connectivity index (χ1v) is 7.69. The van der Waals surface area contributed by atoms with E-state index in [-0.39, 0.29) is 5.97 Å². The predicted molar refractivity (Wildman–Crippen MR) is 84.4 cm³/mol. The minimum absolute atomic E-state index is 0.329. The molecule has 3 heteroatoms. The van der Waals surface area contributed by atoms with Crippen molar-refractivity contribution in [1.82, 2.24) is 0 Å². The Bertz CT molecular complexity index is 202. The van der Waals surface area contributed by atoms with Gasteiger partial charge in [-0.2, -0.15) is 0 Å². The van der Waals surface area contributed by atoms with Crippen molar-refractivity contribution in [1.29, 1.82) is 5.26 Å². The summed E-state index contributed by atoms with van der Waals surface area (Å²) in [5.41, 5.74) is 0. The number of hydrogen-bond acceptors (Lipinski definition) is 3. The van der Waals surface area contributed by atoms with Crippen LogP contribution in [0, 0.1) is 11.8 Å². The molecule has 0 unspecified atom stereocenters. The van der Waals surface area contributed by atoms with Gasteiger partial charge in [0.15, 0.2) is 0 Å². The second-order valence-electron chi connectivity index (χ2n) is 4.60. The van der Waals surface area contributed by atoms with Gasteiger partial charge in [-0.1, -0.05) is 84.6 Å². The Labute approximate surface area is 126 Å². The summed E-state index contributed by atoms with van der Waals surface area (Å²) in [6.07, 6.45) is 15.5. The topological polar surface area (TPSA) is 50.1 Å². The molecule has 0 saturated heterocycles. The minimum atomic E-state index is -0.329. The lowest BCUT2D eigenvalue weighted by Crippen LogP contribution is -1.87. The van der Waals surface area contributed by atoms with Crippen LogP contribution in [0.15, 0.2) is 12.8 Å². The van der Waals surface area contributed by atoms with Crippen LogP contribution in [-0.4, -0.2) is 5.97 Å². The Kier molecular flexibility index (Phi) is 31.3. The summed E-state index contributed by atoms with van der Waals surface area (Å²) in [4.78, 5) is 9.75. The van der Waals surface area contributed by atoms with E-state index >= 15 is 0 Å². The maximum Gasteiger partial charge on any atom is 0.307 e. The van der Waals surface area contributed by atoms with Crippen LogP contribution >= 0.6 is 0 Å². The maximum atomic E-state index is 9.75. The summed E-state index contributed by atoms with van der Waals surface area (Å²) in [6, 6.07) is 0. The molecular weight excluding hydrogens is 250 g/mol. The zero-order valence-corrected chi connectivity index (χ0v) is 13.6. The molecule has 0 rings (SSSR count). The lowest BCUT2D eigenvalue weighted by molar-refractivity contribution is -0.135. The Morgan fingerprint density at radius 3 is 1.40 bits per heavy atom. The Morgan fingerprint density at radius 2 is 1.25 bits per heavy atom. The molecule has 0 heterocycles. The summed E-state index contributed by atoms with van der Waals surface area (Å²) in [5, 5.41) is 6.25. The van der Waals surface area contributed by atoms with Gasteiger partial charge in [0.05, 0.1) is 6.26 Å². The van der Waals surface area contributed by atoms with E-state index in [1.807, 2.05) is 0 Å². The third-order valence-corrected chi connectivity index (χ3v) is 2.71. The van der Waals surface area contributed by atoms with Crippen molar-refractivity contribution in [2.24, 2.45) is 0 Å². The quantitative estimate of drug-likeness (QED) is 0.223. The molecule has 0 bridgehead atoms. The highest BCUT2D eigenvalue weighted by atomic mass is 16.5. The lowest BCUT2D eigenvalue weighted by atomic mass is 10.1. The normalized spacial score (nSPS) is 8.45. The van der Waals surface area contributed by atoms with E-state index < -0.39 is 0 Å². The van der Waals surface area contributed by atoms with E-state index in [9.17, 15) is 4.79 Å². The van der Waals surface area contributed by atoms with Crippen LogP contribution in [0.1, 0.15) is 85.0 Å². The number of rotatable bonds is 10. The van der Waals surface area contributed by atoms with Gasteiger partial charge in [0.2, 0.25) is 0 Å². The molecule has 0 spiro atoms. The van der Waals surface area contributed by atoms with Gasteiger partial charge in [0, 0.05) is 6.92 Å². The van der Waals surface area contributed by atoms with Gasteiger partial charge in [-0.05, 0) is 0 Å². The van der Waals surface area contributed by atoms with Crippen LogP contribution in [0.4, 0.5) is 0 Å². The van der Waals surface area contributed by atoms with Crippen LogP contribution in [0.3, 0.4) is 0 Å². The van der Waals surface area contributed by atoms with E-state index in [0.29, 0.717) is 0 Å². The Morgan fingerprint density at radius 1 is 0.950 bits per heavy atom. The molecule has 3 nitrogen and oxygen atoms in total. The highest BCUT2D eigenvalue weighted by Gasteiger charge is 1.90. The van der Waals surface area contributed by atoms with Crippen molar-refractivity contribution in [3.8, 4) is 0 Å². The second kappa shape index (κ2) is 26.3. The lowest BCUT2D eigenvalue weighted by Gasteiger charge is -1.99. The van der Waals surface area contributed by atoms with Crippen LogP contribution in [0.5, 0.6) is 0 Å². The zero-order chi connectivity index (χ0) is 16.1. The van der Waals surface area contributed by atoms with E-state index in [0.717, 1.165) is 6.26 Å². The third kappa shape index (κ3) is 36.0. The number of ether oxygens (including phenoxy) is 1. The van der Waals surface area contributed by atoms with E-state index in [2.05, 4.69) is 25.2 Å². The molecule has 0 N–H and O–H groups in total. The molecule has 0 amide bonds. The van der Waals surface area contributed by atoms with Crippen LogP contribution < -0.4 is 0 Å². The van der Waals surface area contributed by atoms with Crippen molar-refractivity contribution in [2.45, 2.75) is 85.0 Å². The zero-order valence-electron chi connectivity index (χ0n) is 13.6. The summed E-state index contributed by atoms with van der Waals surface area (Å²) in [6.45, 7) is 13.8. The SMILES string of the molecule is C=COC(C)=O.CCCCCCCCCCCC.[C-]#N. The molecule has 0 saturated carbocycles. The van der Waals surface area contributed by atoms with Gasteiger partial charge in [0.25, 0.3) is 0 Å². The van der Waals surface area contributed by atoms with E-state index in [4.69, 9.17) is 11.8 Å². The third-order valence-electron chi connectivity index (χ3n) is 2.71. The fraction of sp³-hybridized carbons (Fsp3) is 0.765. The number of carbonyl (C=O) groups excluding carboxylic acids is 1. The number of nitrogens with zero attached hydrogens (tertiary/aromatic N) is 1. The molecule has 0 atom stereocenters. The first-order valence-electron chi connectivity index (χ1n) is 7.69. The smallest absolute Gasteiger partial charge is 0.307 e. The van der Waals surface area contributed by atoms with Gasteiger partial charge >= 0.3 is 5.97 Å². The maximum absolute atomic E-state index is 9.75. The first-order chi connectivity index (χ1) is 9.68. The molecule has 0 aromatic heterocycles. The average Bonchev–Trinajstić information content (AvgIpc) is 2.45. The van der Waals surface area contributed by atoms with Crippen molar-refractivity contribution in [2.75, 3.05) is 0 Å². The molecule has 0 aliphatic carbocycles. The van der Waals surface area contributed by atoms with Crippen molar-refractivity contribution < 1.29 is 9.53 Å². The van der Waals surface area contributed by atoms with E-state index in [1.165, 1.54) is 71.1 Å². The van der Waals surface area contributed by atoms with Gasteiger partial charge in [0.1, 0.15) is 0 Å². The molecule has 118 valence electrons. The first kappa shape index (κ1) is 23.8. The summed E-state index contributed by atoms with van der Waals surface area (Å²) in [7, 11) is 0. The number of unbranched alkanes of at least 4 members (excludes halogenated alkanes) is 9. The fourth-order valence-corrected chi connectivity index (χ4v) is 1.68. The van der Waals surface area contributed by atoms with Gasteiger partial charge < -0.3 is 16.6 Å². The predicted octanol–water partition coefficient (Wildman–Crippen LogP) is 5.72. The summed E-state index contributed by atoms with van der Waals surface area (Å²) in [5.74, 6) is -0.329. The summed E-state index contributed by atoms with van der Waals surface area (Å²) >= 11 is 0. The van der Waals surface area contributed by atoms with Crippen molar-refractivity contribution in [3.05, 3.63) is 19.4 Å². The Hall–Kier alpha value is -1.30. The van der Waals surface area contributed by atoms with Crippen LogP contribution in [0.25, 0.3) is 0 Å². The highest BCUT2D eigenvalue weighted by Crippen LogP contribution is 2.09. The molecule has 0 aromatic rings.